The van der Waals surface area contributed by atoms with Crippen LogP contribution in [0.5, 0.6) is 0 Å². The Morgan fingerprint density at radius 2 is 2.29 bits per heavy atom. The Hall–Kier alpha value is -0.940. The van der Waals surface area contributed by atoms with Crippen LogP contribution in [-0.2, 0) is 6.42 Å². The quantitative estimate of drug-likeness (QED) is 0.814. The van der Waals surface area contributed by atoms with E-state index in [-0.39, 0.29) is 11.3 Å². The molecule has 0 unspecified atom stereocenters. The van der Waals surface area contributed by atoms with Crippen molar-refractivity contribution >= 4 is 17.2 Å². The standard InChI is InChI=1S/C12H21N3OS/c1-4-12(2,3)8-14-11(16)9-7-17-10(15-9)5-6-13/h7H,4-6,8,13H2,1-3H3,(H,14,16). The number of rotatable bonds is 6. The number of nitrogens with two attached hydrogens (primary N) is 1. The first-order chi connectivity index (χ1) is 7.98. The third kappa shape index (κ3) is 4.44. The second-order valence-electron chi connectivity index (χ2n) is 4.87. The van der Waals surface area contributed by atoms with Gasteiger partial charge in [0.1, 0.15) is 5.69 Å². The molecule has 0 aromatic carbocycles. The molecule has 0 radical (unpaired) electrons. The molecule has 0 fully saturated rings. The molecule has 3 N–H and O–H groups in total. The normalized spacial score (nSPS) is 11.5. The van der Waals surface area contributed by atoms with Crippen LogP contribution in [0.25, 0.3) is 0 Å². The molecule has 1 aromatic rings. The molecule has 17 heavy (non-hydrogen) atoms. The number of thiazole rings is 1. The van der Waals surface area contributed by atoms with Crippen molar-refractivity contribution in [3.63, 3.8) is 0 Å². The average molecular weight is 255 g/mol. The van der Waals surface area contributed by atoms with Gasteiger partial charge in [0.15, 0.2) is 0 Å². The Balaban J connectivity index is 2.52. The van der Waals surface area contributed by atoms with Crippen LogP contribution in [0.1, 0.15) is 42.7 Å². The van der Waals surface area contributed by atoms with Crippen molar-refractivity contribution in [2.24, 2.45) is 11.1 Å². The van der Waals surface area contributed by atoms with Crippen molar-refractivity contribution in [1.29, 1.82) is 0 Å². The number of amides is 1. The van der Waals surface area contributed by atoms with E-state index in [0.717, 1.165) is 17.8 Å². The Kier molecular flexibility index (Phi) is 5.08. The van der Waals surface area contributed by atoms with Gasteiger partial charge < -0.3 is 11.1 Å². The van der Waals surface area contributed by atoms with Crippen LogP contribution in [-0.4, -0.2) is 24.0 Å². The van der Waals surface area contributed by atoms with Gasteiger partial charge in [0.05, 0.1) is 5.01 Å². The molecule has 0 saturated heterocycles. The second kappa shape index (κ2) is 6.12. The number of hydrogen-bond donors (Lipinski definition) is 2. The fourth-order valence-electron chi connectivity index (χ4n) is 1.19. The van der Waals surface area contributed by atoms with Crippen molar-refractivity contribution in [1.82, 2.24) is 10.3 Å². The predicted octanol–water partition coefficient (Wildman–Crippen LogP) is 1.81. The number of nitrogens with one attached hydrogen (secondary N) is 1. The van der Waals surface area contributed by atoms with Crippen LogP contribution in [0.4, 0.5) is 0 Å². The van der Waals surface area contributed by atoms with E-state index >= 15 is 0 Å². The summed E-state index contributed by atoms with van der Waals surface area (Å²) in [6.45, 7) is 7.63. The molecule has 5 heteroatoms. The number of carbonyl (C=O) groups excluding carboxylic acids is 1. The number of nitrogens with zero attached hydrogens (tertiary/aromatic N) is 1. The molecule has 1 heterocycles. The molecule has 0 spiro atoms. The largest absolute Gasteiger partial charge is 0.350 e. The number of carbonyl (C=O) groups is 1. The van der Waals surface area contributed by atoms with Crippen LogP contribution in [0.2, 0.25) is 0 Å². The lowest BCUT2D eigenvalue weighted by atomic mass is 9.90. The zero-order chi connectivity index (χ0) is 12.9. The van der Waals surface area contributed by atoms with Gasteiger partial charge in [0.25, 0.3) is 5.91 Å². The van der Waals surface area contributed by atoms with Gasteiger partial charge in [-0.1, -0.05) is 20.8 Å². The minimum absolute atomic E-state index is 0.0916. The fraction of sp³-hybridized carbons (Fsp3) is 0.667. The number of aromatic nitrogens is 1. The molecule has 0 saturated carbocycles. The smallest absolute Gasteiger partial charge is 0.270 e. The van der Waals surface area contributed by atoms with E-state index in [1.54, 1.807) is 5.38 Å². The average Bonchev–Trinajstić information content (AvgIpc) is 2.75. The topological polar surface area (TPSA) is 68.0 Å². The molecular weight excluding hydrogens is 234 g/mol. The lowest BCUT2D eigenvalue weighted by Crippen LogP contribution is -2.33. The maximum absolute atomic E-state index is 11.8. The molecule has 4 nitrogen and oxygen atoms in total. The minimum Gasteiger partial charge on any atom is -0.350 e. The molecule has 0 bridgehead atoms. The van der Waals surface area contributed by atoms with E-state index in [1.807, 2.05) is 0 Å². The van der Waals surface area contributed by atoms with E-state index < -0.39 is 0 Å². The Morgan fingerprint density at radius 3 is 2.88 bits per heavy atom. The lowest BCUT2D eigenvalue weighted by Gasteiger charge is -2.22. The Labute approximate surface area is 107 Å². The van der Waals surface area contributed by atoms with Gasteiger partial charge in [-0.3, -0.25) is 4.79 Å². The van der Waals surface area contributed by atoms with E-state index in [2.05, 4.69) is 31.1 Å². The highest BCUT2D eigenvalue weighted by Gasteiger charge is 2.17. The highest BCUT2D eigenvalue weighted by molar-refractivity contribution is 7.09. The number of hydrogen-bond acceptors (Lipinski definition) is 4. The van der Waals surface area contributed by atoms with Gasteiger partial charge in [-0.2, -0.15) is 0 Å². The highest BCUT2D eigenvalue weighted by Crippen LogP contribution is 2.18. The van der Waals surface area contributed by atoms with Crippen LogP contribution >= 0.6 is 11.3 Å². The SMILES string of the molecule is CCC(C)(C)CNC(=O)c1csc(CCN)n1. The Bertz CT molecular complexity index is 374. The van der Waals surface area contributed by atoms with E-state index in [0.29, 0.717) is 18.8 Å². The maximum atomic E-state index is 11.8. The summed E-state index contributed by atoms with van der Waals surface area (Å²) in [5.41, 5.74) is 6.08. The molecule has 96 valence electrons. The summed E-state index contributed by atoms with van der Waals surface area (Å²) in [6, 6.07) is 0. The molecule has 1 aromatic heterocycles. The summed E-state index contributed by atoms with van der Waals surface area (Å²) in [7, 11) is 0. The van der Waals surface area contributed by atoms with E-state index in [9.17, 15) is 4.79 Å². The second-order valence-corrected chi connectivity index (χ2v) is 5.81. The van der Waals surface area contributed by atoms with E-state index in [1.165, 1.54) is 11.3 Å². The first-order valence-electron chi connectivity index (χ1n) is 5.91. The van der Waals surface area contributed by atoms with Crippen molar-refractivity contribution < 1.29 is 4.79 Å². The van der Waals surface area contributed by atoms with Gasteiger partial charge in [-0.05, 0) is 18.4 Å². The zero-order valence-electron chi connectivity index (χ0n) is 10.7. The van der Waals surface area contributed by atoms with Crippen molar-refractivity contribution in [3.05, 3.63) is 16.1 Å². The fourth-order valence-corrected chi connectivity index (χ4v) is 1.98. The van der Waals surface area contributed by atoms with Crippen LogP contribution < -0.4 is 11.1 Å². The summed E-state index contributed by atoms with van der Waals surface area (Å²) in [4.78, 5) is 16.1. The van der Waals surface area contributed by atoms with Crippen molar-refractivity contribution in [3.8, 4) is 0 Å². The molecule has 0 aliphatic carbocycles. The molecule has 0 aliphatic rings. The van der Waals surface area contributed by atoms with Gasteiger partial charge in [0.2, 0.25) is 0 Å². The molecule has 0 aliphatic heterocycles. The molecular formula is C12H21N3OS. The minimum atomic E-state index is -0.0916. The summed E-state index contributed by atoms with van der Waals surface area (Å²) in [6.07, 6.45) is 1.77. The van der Waals surface area contributed by atoms with Crippen LogP contribution in [0, 0.1) is 5.41 Å². The van der Waals surface area contributed by atoms with Crippen molar-refractivity contribution in [2.45, 2.75) is 33.6 Å². The van der Waals surface area contributed by atoms with Crippen LogP contribution in [0.3, 0.4) is 0 Å². The van der Waals surface area contributed by atoms with Gasteiger partial charge >= 0.3 is 0 Å². The third-order valence-corrected chi connectivity index (χ3v) is 3.74. The first-order valence-corrected chi connectivity index (χ1v) is 6.79. The molecule has 0 atom stereocenters. The highest BCUT2D eigenvalue weighted by atomic mass is 32.1. The maximum Gasteiger partial charge on any atom is 0.270 e. The van der Waals surface area contributed by atoms with Crippen LogP contribution in [0.15, 0.2) is 5.38 Å². The summed E-state index contributed by atoms with van der Waals surface area (Å²) < 4.78 is 0. The van der Waals surface area contributed by atoms with Crippen molar-refractivity contribution in [2.75, 3.05) is 13.1 Å². The molecule has 1 rings (SSSR count). The van der Waals surface area contributed by atoms with Gasteiger partial charge in [-0.15, -0.1) is 11.3 Å². The summed E-state index contributed by atoms with van der Waals surface area (Å²) >= 11 is 1.49. The van der Waals surface area contributed by atoms with Gasteiger partial charge in [-0.25, -0.2) is 4.98 Å². The summed E-state index contributed by atoms with van der Waals surface area (Å²) in [5.74, 6) is -0.0916. The third-order valence-electron chi connectivity index (χ3n) is 2.83. The first kappa shape index (κ1) is 14.1. The summed E-state index contributed by atoms with van der Waals surface area (Å²) in [5, 5.41) is 5.63. The zero-order valence-corrected chi connectivity index (χ0v) is 11.6. The van der Waals surface area contributed by atoms with E-state index in [4.69, 9.17) is 5.73 Å². The monoisotopic (exact) mass is 255 g/mol. The molecule has 1 amide bonds. The Morgan fingerprint density at radius 1 is 1.59 bits per heavy atom. The lowest BCUT2D eigenvalue weighted by molar-refractivity contribution is 0.0931. The predicted molar refractivity (Wildman–Crippen MR) is 71.3 cm³/mol. The van der Waals surface area contributed by atoms with Gasteiger partial charge in [0, 0.05) is 18.3 Å².